The molecule has 1 aromatic heterocycles. The molecule has 2 rings (SSSR count). The Morgan fingerprint density at radius 2 is 2.20 bits per heavy atom. The van der Waals surface area contributed by atoms with Gasteiger partial charge < -0.3 is 4.84 Å². The lowest BCUT2D eigenvalue weighted by molar-refractivity contribution is 0.0123. The Kier molecular flexibility index (Phi) is 3.56. The van der Waals surface area contributed by atoms with Crippen LogP contribution in [0, 0.1) is 18.3 Å². The average molecular weight is 317 g/mol. The maximum atomic E-state index is 14.4. The van der Waals surface area contributed by atoms with Gasteiger partial charge in [-0.15, -0.1) is 0 Å². The molecule has 1 atom stereocenters. The van der Waals surface area contributed by atoms with Gasteiger partial charge in [0.25, 0.3) is 0 Å². The van der Waals surface area contributed by atoms with Crippen molar-refractivity contribution in [2.45, 2.75) is 38.3 Å². The highest BCUT2D eigenvalue weighted by Gasteiger charge is 2.42. The zero-order valence-corrected chi connectivity index (χ0v) is 12.7. The maximum Gasteiger partial charge on any atom is 0.235 e. The third-order valence-electron chi connectivity index (χ3n) is 2.81. The topological polar surface area (TPSA) is 92.4 Å². The molecule has 0 amide bonds. The third kappa shape index (κ3) is 2.41. The summed E-state index contributed by atoms with van der Waals surface area (Å²) in [6.45, 7) is 4.78. The highest BCUT2D eigenvalue weighted by molar-refractivity contribution is 8.06. The van der Waals surface area contributed by atoms with Crippen LogP contribution < -0.4 is 0 Å². The fourth-order valence-corrected chi connectivity index (χ4v) is 4.07. The third-order valence-corrected chi connectivity index (χ3v) is 5.32. The van der Waals surface area contributed by atoms with Gasteiger partial charge in [0.05, 0.1) is 11.3 Å². The summed E-state index contributed by atoms with van der Waals surface area (Å²) in [7, 11) is -4.31. The Morgan fingerprint density at radius 3 is 2.70 bits per heavy atom. The van der Waals surface area contributed by atoms with E-state index in [2.05, 4.69) is 9.53 Å². The predicted molar refractivity (Wildman–Crippen MR) is 71.6 cm³/mol. The van der Waals surface area contributed by atoms with E-state index in [0.29, 0.717) is 0 Å². The number of halogens is 1. The summed E-state index contributed by atoms with van der Waals surface area (Å²) in [6, 6.07) is 1.76. The molecule has 9 heteroatoms. The highest BCUT2D eigenvalue weighted by atomic mass is 32.2. The van der Waals surface area contributed by atoms with Crippen molar-refractivity contribution in [1.29, 1.82) is 5.26 Å². The molecule has 1 aliphatic rings. The zero-order chi connectivity index (χ0) is 15.1. The van der Waals surface area contributed by atoms with Gasteiger partial charge in [-0.1, -0.05) is 5.16 Å². The first-order valence-corrected chi connectivity index (χ1v) is 8.00. The van der Waals surface area contributed by atoms with Crippen LogP contribution in [0.2, 0.25) is 0 Å². The smallest absolute Gasteiger partial charge is 0.235 e. The number of aryl methyl sites for hydroxylation is 1. The van der Waals surface area contributed by atoms with Crippen molar-refractivity contribution < 1.29 is 17.6 Å². The van der Waals surface area contributed by atoms with Crippen LogP contribution in [0.3, 0.4) is 0 Å². The van der Waals surface area contributed by atoms with Crippen LogP contribution in [0.5, 0.6) is 0 Å². The molecule has 2 heterocycles. The second-order valence-corrected chi connectivity index (χ2v) is 7.74. The summed E-state index contributed by atoms with van der Waals surface area (Å²) in [5, 5.41) is 12.0. The second-order valence-electron chi connectivity index (χ2n) is 5.00. The minimum absolute atomic E-state index is 0.00570. The molecular weight excluding hydrogens is 305 g/mol. The Morgan fingerprint density at radius 1 is 1.55 bits per heavy atom. The Labute approximate surface area is 119 Å². The molecule has 0 fully saturated rings. The molecule has 1 aliphatic heterocycles. The van der Waals surface area contributed by atoms with Gasteiger partial charge in [-0.25, -0.2) is 12.8 Å². The Hall–Kier alpha value is -1.53. The number of rotatable bonds is 2. The Balaban J connectivity index is 2.41. The highest BCUT2D eigenvalue weighted by Crippen LogP contribution is 2.36. The van der Waals surface area contributed by atoms with Gasteiger partial charge in [0.2, 0.25) is 15.3 Å². The quantitative estimate of drug-likeness (QED) is 0.834. The van der Waals surface area contributed by atoms with E-state index in [0.717, 1.165) is 11.5 Å². The van der Waals surface area contributed by atoms with Gasteiger partial charge in [-0.05, 0) is 32.3 Å². The summed E-state index contributed by atoms with van der Waals surface area (Å²) < 4.78 is 42.7. The van der Waals surface area contributed by atoms with Crippen molar-refractivity contribution in [1.82, 2.24) is 4.37 Å². The van der Waals surface area contributed by atoms with Gasteiger partial charge in [0.1, 0.15) is 16.5 Å². The van der Waals surface area contributed by atoms with E-state index < -0.39 is 20.9 Å². The summed E-state index contributed by atoms with van der Waals surface area (Å²) in [4.78, 5) is 4.91. The van der Waals surface area contributed by atoms with Gasteiger partial charge in [-0.2, -0.15) is 9.64 Å². The number of hydrogen-bond donors (Lipinski definition) is 0. The van der Waals surface area contributed by atoms with E-state index >= 15 is 0 Å². The number of oxime groups is 1. The average Bonchev–Trinajstić information content (AvgIpc) is 2.91. The van der Waals surface area contributed by atoms with Crippen LogP contribution in [0.15, 0.2) is 5.16 Å². The SMILES string of the molecule is Cc1nsc(C#N)c1C(F)S(=O)(=O)C1=NOC(C)(C)C1. The van der Waals surface area contributed by atoms with Crippen LogP contribution >= 0.6 is 11.5 Å². The number of aromatic nitrogens is 1. The molecule has 0 radical (unpaired) electrons. The molecule has 0 bridgehead atoms. The van der Waals surface area contributed by atoms with E-state index in [4.69, 9.17) is 10.1 Å². The lowest BCUT2D eigenvalue weighted by Gasteiger charge is -2.14. The summed E-state index contributed by atoms with van der Waals surface area (Å²) in [5.74, 6) is 0. The molecule has 0 saturated heterocycles. The van der Waals surface area contributed by atoms with Crippen LogP contribution in [-0.4, -0.2) is 23.4 Å². The lowest BCUT2D eigenvalue weighted by Crippen LogP contribution is -2.25. The predicted octanol–water partition coefficient (Wildman–Crippen LogP) is 2.22. The molecule has 20 heavy (non-hydrogen) atoms. The number of nitriles is 1. The van der Waals surface area contributed by atoms with E-state index in [1.54, 1.807) is 19.9 Å². The van der Waals surface area contributed by atoms with Crippen molar-refractivity contribution in [3.63, 3.8) is 0 Å². The second kappa shape index (κ2) is 4.79. The maximum absolute atomic E-state index is 14.4. The van der Waals surface area contributed by atoms with Crippen molar-refractivity contribution in [3.8, 4) is 6.07 Å². The van der Waals surface area contributed by atoms with E-state index in [-0.39, 0.29) is 27.6 Å². The van der Waals surface area contributed by atoms with Crippen LogP contribution in [0.1, 0.15) is 41.9 Å². The van der Waals surface area contributed by atoms with Gasteiger partial charge in [0, 0.05) is 6.42 Å². The fourth-order valence-electron chi connectivity index (χ4n) is 1.76. The molecule has 0 spiro atoms. The fraction of sp³-hybridized carbons (Fsp3) is 0.545. The molecule has 1 unspecified atom stereocenters. The summed E-state index contributed by atoms with van der Waals surface area (Å²) in [6.07, 6.45) is -0.00570. The summed E-state index contributed by atoms with van der Waals surface area (Å²) >= 11 is 0.776. The van der Waals surface area contributed by atoms with Crippen LogP contribution in [-0.2, 0) is 14.7 Å². The van der Waals surface area contributed by atoms with Gasteiger partial charge in [0.15, 0.2) is 5.04 Å². The molecular formula is C11H12FN3O3S2. The van der Waals surface area contributed by atoms with Crippen LogP contribution in [0.25, 0.3) is 0 Å². The van der Waals surface area contributed by atoms with Gasteiger partial charge in [-0.3, -0.25) is 0 Å². The minimum Gasteiger partial charge on any atom is -0.389 e. The standard InChI is InChI=1S/C11H12FN3O3S2/c1-6-9(7(5-13)19-15-6)10(12)20(16,17)8-4-11(2,3)18-14-8/h10H,4H2,1-3H3. The number of hydrogen-bond acceptors (Lipinski definition) is 7. The van der Waals surface area contributed by atoms with E-state index in [1.165, 1.54) is 6.92 Å². The largest absolute Gasteiger partial charge is 0.389 e. The van der Waals surface area contributed by atoms with Crippen molar-refractivity contribution in [2.24, 2.45) is 5.16 Å². The lowest BCUT2D eigenvalue weighted by atomic mass is 10.1. The number of sulfone groups is 1. The molecule has 1 aromatic rings. The first-order chi connectivity index (χ1) is 9.19. The van der Waals surface area contributed by atoms with Crippen molar-refractivity contribution in [3.05, 3.63) is 16.1 Å². The molecule has 0 aromatic carbocycles. The normalized spacial score (nSPS) is 19.1. The molecule has 0 saturated carbocycles. The van der Waals surface area contributed by atoms with E-state index in [9.17, 15) is 12.8 Å². The van der Waals surface area contributed by atoms with Crippen molar-refractivity contribution >= 4 is 26.4 Å². The molecule has 0 N–H and O–H groups in total. The first kappa shape index (κ1) is 14.9. The first-order valence-electron chi connectivity index (χ1n) is 5.68. The van der Waals surface area contributed by atoms with Gasteiger partial charge >= 0.3 is 0 Å². The molecule has 6 nitrogen and oxygen atoms in total. The van der Waals surface area contributed by atoms with Crippen molar-refractivity contribution in [2.75, 3.05) is 0 Å². The minimum atomic E-state index is -4.31. The number of nitrogens with zero attached hydrogens (tertiary/aromatic N) is 3. The Bertz CT molecular complexity index is 716. The molecule has 108 valence electrons. The van der Waals surface area contributed by atoms with E-state index in [1.807, 2.05) is 0 Å². The van der Waals surface area contributed by atoms with Crippen LogP contribution in [0.4, 0.5) is 4.39 Å². The number of alkyl halides is 1. The summed E-state index contributed by atoms with van der Waals surface area (Å²) in [5.41, 5.74) is -3.14. The zero-order valence-electron chi connectivity index (χ0n) is 11.0. The monoisotopic (exact) mass is 317 g/mol. The molecule has 0 aliphatic carbocycles.